The molecule has 0 spiro atoms. The molecule has 0 bridgehead atoms. The SMILES string of the molecule is Cn1cnc2c1c(=O)n(CCCOP(=O)(O)O)c(=O)n2C.N.N. The van der Waals surface area contributed by atoms with Crippen molar-refractivity contribution in [1.29, 1.82) is 0 Å². The molecule has 2 aromatic heterocycles. The Morgan fingerprint density at radius 2 is 1.87 bits per heavy atom. The summed E-state index contributed by atoms with van der Waals surface area (Å²) >= 11 is 0. The van der Waals surface area contributed by atoms with Crippen LogP contribution in [-0.2, 0) is 29.7 Å². The van der Waals surface area contributed by atoms with E-state index in [1.54, 1.807) is 7.05 Å². The highest BCUT2D eigenvalue weighted by atomic mass is 31.2. The highest BCUT2D eigenvalue weighted by molar-refractivity contribution is 7.46. The standard InChI is InChI=1S/C10H15N4O6P.2H3N/c1-12-6-11-8-7(12)9(15)14(10(16)13(8)2)4-3-5-20-21(17,18)19;;/h6H,3-5H2,1-2H3,(H2,17,18,19);2*1H3. The summed E-state index contributed by atoms with van der Waals surface area (Å²) in [5, 5.41) is 0. The van der Waals surface area contributed by atoms with Crippen LogP contribution < -0.4 is 23.6 Å². The lowest BCUT2D eigenvalue weighted by Crippen LogP contribution is -2.39. The third kappa shape index (κ3) is 4.34. The van der Waals surface area contributed by atoms with Gasteiger partial charge in [0.25, 0.3) is 5.56 Å². The van der Waals surface area contributed by atoms with Gasteiger partial charge in [-0.2, -0.15) is 0 Å². The molecule has 0 aliphatic carbocycles. The Morgan fingerprint density at radius 1 is 1.26 bits per heavy atom. The van der Waals surface area contributed by atoms with Gasteiger partial charge in [0.05, 0.1) is 12.9 Å². The zero-order valence-corrected chi connectivity index (χ0v) is 13.8. The Labute approximate surface area is 130 Å². The van der Waals surface area contributed by atoms with Crippen LogP contribution in [0.25, 0.3) is 11.2 Å². The van der Waals surface area contributed by atoms with Crippen LogP contribution in [0.5, 0.6) is 0 Å². The number of rotatable bonds is 5. The van der Waals surface area contributed by atoms with Gasteiger partial charge >= 0.3 is 13.5 Å². The molecule has 0 aliphatic rings. The Kier molecular flexibility index (Phi) is 7.03. The molecule has 13 heteroatoms. The summed E-state index contributed by atoms with van der Waals surface area (Å²) < 4.78 is 18.6. The Morgan fingerprint density at radius 3 is 2.43 bits per heavy atom. The molecule has 8 N–H and O–H groups in total. The Hall–Kier alpha value is -1.82. The summed E-state index contributed by atoms with van der Waals surface area (Å²) in [6.45, 7) is -0.268. The number of nitrogens with zero attached hydrogens (tertiary/aromatic N) is 4. The van der Waals surface area contributed by atoms with Gasteiger partial charge in [-0.1, -0.05) is 0 Å². The second-order valence-electron chi connectivity index (χ2n) is 4.50. The minimum absolute atomic E-state index is 0. The van der Waals surface area contributed by atoms with E-state index < -0.39 is 19.1 Å². The van der Waals surface area contributed by atoms with Crippen LogP contribution in [0, 0.1) is 0 Å². The largest absolute Gasteiger partial charge is 0.469 e. The Bertz CT molecular complexity index is 833. The van der Waals surface area contributed by atoms with Gasteiger partial charge in [-0.15, -0.1) is 0 Å². The second kappa shape index (κ2) is 7.64. The lowest BCUT2D eigenvalue weighted by Gasteiger charge is -2.09. The number of aryl methyl sites for hydroxylation is 2. The van der Waals surface area contributed by atoms with Gasteiger partial charge in [0.1, 0.15) is 0 Å². The Balaban J connectivity index is 0.00000242. The van der Waals surface area contributed by atoms with Crippen molar-refractivity contribution in [2.45, 2.75) is 13.0 Å². The molecule has 0 atom stereocenters. The maximum absolute atomic E-state index is 12.3. The lowest BCUT2D eigenvalue weighted by molar-refractivity contribution is 0.191. The van der Waals surface area contributed by atoms with E-state index in [1.165, 1.54) is 22.5 Å². The minimum Gasteiger partial charge on any atom is -0.344 e. The number of phosphoric acid groups is 1. The molecule has 23 heavy (non-hydrogen) atoms. The number of phosphoric ester groups is 1. The normalized spacial score (nSPS) is 11.1. The fraction of sp³-hybridized carbons (Fsp3) is 0.500. The van der Waals surface area contributed by atoms with Crippen LogP contribution >= 0.6 is 7.82 Å². The summed E-state index contributed by atoms with van der Waals surface area (Å²) in [5.74, 6) is 0. The average molecular weight is 352 g/mol. The molecule has 0 radical (unpaired) electrons. The van der Waals surface area contributed by atoms with Crippen LogP contribution in [-0.4, -0.2) is 35.1 Å². The minimum atomic E-state index is -4.54. The topological polar surface area (TPSA) is 199 Å². The lowest BCUT2D eigenvalue weighted by atomic mass is 10.4. The maximum atomic E-state index is 12.3. The zero-order valence-electron chi connectivity index (χ0n) is 12.9. The van der Waals surface area contributed by atoms with E-state index in [0.29, 0.717) is 0 Å². The first kappa shape index (κ1) is 21.2. The smallest absolute Gasteiger partial charge is 0.344 e. The molecule has 2 aromatic rings. The third-order valence-corrected chi connectivity index (χ3v) is 3.51. The van der Waals surface area contributed by atoms with Gasteiger partial charge in [-0.25, -0.2) is 14.3 Å². The molecule has 0 aliphatic heterocycles. The van der Waals surface area contributed by atoms with E-state index in [-0.39, 0.29) is 43.0 Å². The fourth-order valence-electron chi connectivity index (χ4n) is 2.00. The summed E-state index contributed by atoms with van der Waals surface area (Å²) in [6, 6.07) is 0. The summed E-state index contributed by atoms with van der Waals surface area (Å²) in [7, 11) is -1.40. The molecule has 0 aromatic carbocycles. The highest BCUT2D eigenvalue weighted by Gasteiger charge is 2.16. The maximum Gasteiger partial charge on any atom is 0.469 e. The van der Waals surface area contributed by atoms with Gasteiger partial charge in [-0.3, -0.25) is 18.5 Å². The van der Waals surface area contributed by atoms with E-state index in [2.05, 4.69) is 9.51 Å². The van der Waals surface area contributed by atoms with Crippen molar-refractivity contribution in [1.82, 2.24) is 31.0 Å². The van der Waals surface area contributed by atoms with E-state index in [0.717, 1.165) is 4.57 Å². The van der Waals surface area contributed by atoms with Crippen LogP contribution in [0.1, 0.15) is 6.42 Å². The summed E-state index contributed by atoms with van der Waals surface area (Å²) in [5.41, 5.74) is -0.463. The van der Waals surface area contributed by atoms with Crippen LogP contribution in [0.15, 0.2) is 15.9 Å². The van der Waals surface area contributed by atoms with Crippen molar-refractivity contribution in [2.24, 2.45) is 14.1 Å². The molecular formula is C10H21N6O6P. The van der Waals surface area contributed by atoms with Gasteiger partial charge in [-0.05, 0) is 6.42 Å². The molecule has 0 saturated heterocycles. The monoisotopic (exact) mass is 352 g/mol. The first-order valence-corrected chi connectivity index (χ1v) is 7.56. The van der Waals surface area contributed by atoms with E-state index in [9.17, 15) is 14.2 Å². The van der Waals surface area contributed by atoms with Crippen molar-refractivity contribution < 1.29 is 18.9 Å². The molecular weight excluding hydrogens is 331 g/mol. The van der Waals surface area contributed by atoms with Gasteiger partial charge in [0.15, 0.2) is 11.2 Å². The molecule has 2 rings (SSSR count). The molecule has 0 amide bonds. The predicted octanol–water partition coefficient (Wildman–Crippen LogP) is -0.743. The van der Waals surface area contributed by atoms with Crippen LogP contribution in [0.4, 0.5) is 0 Å². The number of imidazole rings is 1. The number of hydrogen-bond donors (Lipinski definition) is 4. The van der Waals surface area contributed by atoms with Crippen molar-refractivity contribution >= 4 is 19.0 Å². The van der Waals surface area contributed by atoms with Gasteiger partial charge in [0.2, 0.25) is 0 Å². The molecule has 0 saturated carbocycles. The van der Waals surface area contributed by atoms with E-state index in [4.69, 9.17) is 9.79 Å². The fourth-order valence-corrected chi connectivity index (χ4v) is 2.37. The molecule has 2 heterocycles. The predicted molar refractivity (Wildman–Crippen MR) is 82.9 cm³/mol. The van der Waals surface area contributed by atoms with E-state index in [1.807, 2.05) is 0 Å². The first-order chi connectivity index (χ1) is 9.72. The third-order valence-electron chi connectivity index (χ3n) is 2.99. The quantitative estimate of drug-likeness (QED) is 0.395. The zero-order chi connectivity index (χ0) is 15.8. The van der Waals surface area contributed by atoms with Crippen molar-refractivity contribution in [3.05, 3.63) is 27.2 Å². The highest BCUT2D eigenvalue weighted by Crippen LogP contribution is 2.35. The van der Waals surface area contributed by atoms with Crippen LogP contribution in [0.2, 0.25) is 0 Å². The number of hydrogen-bond acceptors (Lipinski definition) is 7. The summed E-state index contributed by atoms with van der Waals surface area (Å²) in [4.78, 5) is 45.5. The van der Waals surface area contributed by atoms with Crippen LogP contribution in [0.3, 0.4) is 0 Å². The first-order valence-electron chi connectivity index (χ1n) is 6.03. The molecule has 0 fully saturated rings. The van der Waals surface area contributed by atoms with Crippen molar-refractivity contribution in [2.75, 3.05) is 6.61 Å². The van der Waals surface area contributed by atoms with Crippen molar-refractivity contribution in [3.8, 4) is 0 Å². The average Bonchev–Trinajstić information content (AvgIpc) is 2.76. The molecule has 132 valence electrons. The molecule has 0 unspecified atom stereocenters. The summed E-state index contributed by atoms with van der Waals surface area (Å²) in [6.07, 6.45) is 1.55. The molecule has 12 nitrogen and oxygen atoms in total. The van der Waals surface area contributed by atoms with Gasteiger partial charge < -0.3 is 26.7 Å². The van der Waals surface area contributed by atoms with Crippen molar-refractivity contribution in [3.63, 3.8) is 0 Å². The number of aromatic nitrogens is 4. The van der Waals surface area contributed by atoms with E-state index >= 15 is 0 Å². The van der Waals surface area contributed by atoms with Gasteiger partial charge in [0, 0.05) is 20.6 Å². The number of fused-ring (bicyclic) bond motifs is 1. The second-order valence-corrected chi connectivity index (χ2v) is 5.74.